The number of hydrogen-bond acceptors (Lipinski definition) is 5. The molecule has 8 nitrogen and oxygen atoms in total. The number of H-pyrrole nitrogens is 1. The van der Waals surface area contributed by atoms with Crippen molar-refractivity contribution >= 4 is 35.1 Å². The van der Waals surface area contributed by atoms with Crippen LogP contribution in [0, 0.1) is 13.8 Å². The first kappa shape index (κ1) is 22.7. The Morgan fingerprint density at radius 1 is 1.16 bits per heavy atom. The average Bonchev–Trinajstić information content (AvgIpc) is 3.06. The molecule has 9 heteroatoms. The molecule has 3 rings (SSSR count). The van der Waals surface area contributed by atoms with Gasteiger partial charge in [-0.1, -0.05) is 17.7 Å². The molecule has 2 amide bonds. The summed E-state index contributed by atoms with van der Waals surface area (Å²) in [6.07, 6.45) is 0. The molecule has 0 radical (unpaired) electrons. The summed E-state index contributed by atoms with van der Waals surface area (Å²) in [6, 6.07) is 7.64. The molecule has 1 aromatic heterocycles. The number of benzene rings is 1. The lowest BCUT2D eigenvalue weighted by Gasteiger charge is -2.36. The van der Waals surface area contributed by atoms with Crippen LogP contribution in [0.3, 0.4) is 0 Å². The van der Waals surface area contributed by atoms with E-state index >= 15 is 0 Å². The number of aryl methyl sites for hydroxylation is 1. The third kappa shape index (κ3) is 5.19. The molecule has 0 unspecified atom stereocenters. The Hall–Kier alpha value is -3.00. The molecule has 31 heavy (non-hydrogen) atoms. The predicted molar refractivity (Wildman–Crippen MR) is 119 cm³/mol. The van der Waals surface area contributed by atoms with Crippen LogP contribution in [-0.4, -0.2) is 67.0 Å². The molecule has 1 aromatic carbocycles. The van der Waals surface area contributed by atoms with E-state index in [9.17, 15) is 14.4 Å². The van der Waals surface area contributed by atoms with E-state index in [-0.39, 0.29) is 24.8 Å². The molecule has 0 bridgehead atoms. The third-order valence-corrected chi connectivity index (χ3v) is 5.59. The van der Waals surface area contributed by atoms with Crippen molar-refractivity contribution in [3.63, 3.8) is 0 Å². The molecule has 0 aliphatic carbocycles. The van der Waals surface area contributed by atoms with Gasteiger partial charge in [0.15, 0.2) is 0 Å². The molecule has 166 valence electrons. The van der Waals surface area contributed by atoms with Gasteiger partial charge in [-0.05, 0) is 44.5 Å². The highest BCUT2D eigenvalue weighted by molar-refractivity contribution is 6.30. The van der Waals surface area contributed by atoms with Gasteiger partial charge in [0.05, 0.1) is 18.7 Å². The van der Waals surface area contributed by atoms with Gasteiger partial charge in [0, 0.05) is 42.6 Å². The number of esters is 1. The smallest absolute Gasteiger partial charge is 0.340 e. The van der Waals surface area contributed by atoms with E-state index in [2.05, 4.69) is 15.2 Å². The number of anilines is 1. The van der Waals surface area contributed by atoms with Gasteiger partial charge in [-0.2, -0.15) is 0 Å². The van der Waals surface area contributed by atoms with Crippen molar-refractivity contribution in [2.45, 2.75) is 20.8 Å². The molecule has 1 saturated heterocycles. The third-order valence-electron chi connectivity index (χ3n) is 5.35. The first-order chi connectivity index (χ1) is 14.8. The zero-order valence-corrected chi connectivity index (χ0v) is 18.7. The molecule has 1 aliphatic rings. The Morgan fingerprint density at radius 2 is 1.87 bits per heavy atom. The maximum atomic E-state index is 12.6. The Labute approximate surface area is 186 Å². The van der Waals surface area contributed by atoms with Gasteiger partial charge in [-0.15, -0.1) is 0 Å². The van der Waals surface area contributed by atoms with Gasteiger partial charge < -0.3 is 24.8 Å². The summed E-state index contributed by atoms with van der Waals surface area (Å²) in [5, 5.41) is 3.33. The van der Waals surface area contributed by atoms with Gasteiger partial charge >= 0.3 is 5.97 Å². The van der Waals surface area contributed by atoms with E-state index < -0.39 is 11.9 Å². The summed E-state index contributed by atoms with van der Waals surface area (Å²) in [7, 11) is 0. The van der Waals surface area contributed by atoms with Crippen LogP contribution < -0.4 is 10.2 Å². The fourth-order valence-corrected chi connectivity index (χ4v) is 3.91. The fourth-order valence-electron chi connectivity index (χ4n) is 3.73. The Bertz CT molecular complexity index is 980. The lowest BCUT2D eigenvalue weighted by Crippen LogP contribution is -2.51. The molecule has 2 aromatic rings. The molecule has 2 N–H and O–H groups in total. The number of hydrogen-bond donors (Lipinski definition) is 2. The van der Waals surface area contributed by atoms with Crippen molar-refractivity contribution in [3.05, 3.63) is 51.8 Å². The second-order valence-corrected chi connectivity index (χ2v) is 7.81. The zero-order valence-electron chi connectivity index (χ0n) is 18.0. The summed E-state index contributed by atoms with van der Waals surface area (Å²) >= 11 is 6.06. The maximum absolute atomic E-state index is 12.6. The van der Waals surface area contributed by atoms with Crippen LogP contribution in [0.4, 0.5) is 5.69 Å². The number of carbonyl (C=O) groups is 3. The lowest BCUT2D eigenvalue weighted by atomic mass is 10.1. The number of ether oxygens (including phenoxy) is 1. The van der Waals surface area contributed by atoms with Crippen LogP contribution in [0.1, 0.15) is 39.0 Å². The van der Waals surface area contributed by atoms with E-state index in [1.165, 1.54) is 0 Å². The van der Waals surface area contributed by atoms with Crippen molar-refractivity contribution in [2.24, 2.45) is 0 Å². The summed E-state index contributed by atoms with van der Waals surface area (Å²) in [4.78, 5) is 44.1. The average molecular weight is 447 g/mol. The SMILES string of the molecule is CCOC(=O)c1c(C)[nH]c(C(=O)NCC(=O)N2CCN(c3cccc(Cl)c3)CC2)c1C. The highest BCUT2D eigenvalue weighted by Gasteiger charge is 2.25. The van der Waals surface area contributed by atoms with E-state index in [0.717, 1.165) is 5.69 Å². The zero-order chi connectivity index (χ0) is 22.5. The number of rotatable bonds is 6. The molecule has 0 atom stereocenters. The molecule has 1 fully saturated rings. The highest BCUT2D eigenvalue weighted by atomic mass is 35.5. The minimum atomic E-state index is -0.471. The molecule has 0 spiro atoms. The summed E-state index contributed by atoms with van der Waals surface area (Å²) in [5.74, 6) is -1.05. The van der Waals surface area contributed by atoms with Crippen LogP contribution in [0.15, 0.2) is 24.3 Å². The molecular weight excluding hydrogens is 420 g/mol. The van der Waals surface area contributed by atoms with Crippen molar-refractivity contribution in [1.82, 2.24) is 15.2 Å². The standard InChI is InChI=1S/C22H27ClN4O4/c1-4-31-22(30)19-14(2)20(25-15(19)3)21(29)24-13-18(28)27-10-8-26(9-11-27)17-7-5-6-16(23)12-17/h5-7,12,25H,4,8-11,13H2,1-3H3,(H,24,29). The number of nitrogens with one attached hydrogen (secondary N) is 2. The minimum absolute atomic E-state index is 0.109. The van der Waals surface area contributed by atoms with Crippen LogP contribution >= 0.6 is 11.6 Å². The van der Waals surface area contributed by atoms with Crippen LogP contribution in [0.25, 0.3) is 0 Å². The second kappa shape index (κ2) is 9.87. The Balaban J connectivity index is 1.54. The number of aromatic nitrogens is 1. The summed E-state index contributed by atoms with van der Waals surface area (Å²) in [6.45, 7) is 7.77. The normalized spacial score (nSPS) is 13.8. The van der Waals surface area contributed by atoms with Gasteiger partial charge in [0.2, 0.25) is 5.91 Å². The highest BCUT2D eigenvalue weighted by Crippen LogP contribution is 2.21. The van der Waals surface area contributed by atoms with Gasteiger partial charge in [0.25, 0.3) is 5.91 Å². The molecule has 2 heterocycles. The second-order valence-electron chi connectivity index (χ2n) is 7.38. The Kier molecular flexibility index (Phi) is 7.22. The van der Waals surface area contributed by atoms with Crippen molar-refractivity contribution in [2.75, 3.05) is 44.2 Å². The number of nitrogens with zero attached hydrogens (tertiary/aromatic N) is 2. The van der Waals surface area contributed by atoms with E-state index in [4.69, 9.17) is 16.3 Å². The molecular formula is C22H27ClN4O4. The van der Waals surface area contributed by atoms with Crippen molar-refractivity contribution in [3.8, 4) is 0 Å². The van der Waals surface area contributed by atoms with E-state index in [0.29, 0.717) is 48.0 Å². The van der Waals surface area contributed by atoms with Crippen LogP contribution in [0.5, 0.6) is 0 Å². The number of carbonyl (C=O) groups excluding carboxylic acids is 3. The Morgan fingerprint density at radius 3 is 2.52 bits per heavy atom. The van der Waals surface area contributed by atoms with Crippen LogP contribution in [0.2, 0.25) is 5.02 Å². The van der Waals surface area contributed by atoms with E-state index in [1.807, 2.05) is 24.3 Å². The minimum Gasteiger partial charge on any atom is -0.462 e. The topological polar surface area (TPSA) is 94.7 Å². The largest absolute Gasteiger partial charge is 0.462 e. The predicted octanol–water partition coefficient (Wildman–Crippen LogP) is 2.54. The summed E-state index contributed by atoms with van der Waals surface area (Å²) in [5.41, 5.74) is 2.72. The summed E-state index contributed by atoms with van der Waals surface area (Å²) < 4.78 is 5.04. The maximum Gasteiger partial charge on any atom is 0.340 e. The first-order valence-electron chi connectivity index (χ1n) is 10.2. The molecule has 1 aliphatic heterocycles. The van der Waals surface area contributed by atoms with Gasteiger partial charge in [-0.3, -0.25) is 9.59 Å². The molecule has 0 saturated carbocycles. The van der Waals surface area contributed by atoms with Crippen molar-refractivity contribution in [1.29, 1.82) is 0 Å². The monoisotopic (exact) mass is 446 g/mol. The van der Waals surface area contributed by atoms with Gasteiger partial charge in [-0.25, -0.2) is 4.79 Å². The number of amides is 2. The number of piperazine rings is 1. The van der Waals surface area contributed by atoms with Gasteiger partial charge in [0.1, 0.15) is 5.69 Å². The first-order valence-corrected chi connectivity index (χ1v) is 10.6. The number of aromatic amines is 1. The number of halogens is 1. The van der Waals surface area contributed by atoms with Crippen molar-refractivity contribution < 1.29 is 19.1 Å². The lowest BCUT2D eigenvalue weighted by molar-refractivity contribution is -0.130. The fraction of sp³-hybridized carbons (Fsp3) is 0.409. The van der Waals surface area contributed by atoms with E-state index in [1.54, 1.807) is 25.7 Å². The quantitative estimate of drug-likeness (QED) is 0.665. The van der Waals surface area contributed by atoms with Crippen LogP contribution in [-0.2, 0) is 9.53 Å².